The smallest absolute Gasteiger partial charge is 0.0409 e. The molecule has 0 heterocycles. The van der Waals surface area contributed by atoms with Crippen molar-refractivity contribution in [1.29, 1.82) is 0 Å². The number of hydrogen-bond acceptors (Lipinski definition) is 1. The summed E-state index contributed by atoms with van der Waals surface area (Å²) in [5.41, 5.74) is 5.72. The first kappa shape index (κ1) is 12.7. The van der Waals surface area contributed by atoms with E-state index >= 15 is 0 Å². The van der Waals surface area contributed by atoms with Gasteiger partial charge in [-0.25, -0.2) is 0 Å². The Balaban J connectivity index is 2.16. The van der Waals surface area contributed by atoms with Crippen LogP contribution in [0.3, 0.4) is 0 Å². The number of halogens is 1. The Labute approximate surface area is 119 Å². The highest BCUT2D eigenvalue weighted by atomic mass is 35.5. The number of benzene rings is 2. The minimum Gasteiger partial charge on any atom is -0.319 e. The van der Waals surface area contributed by atoms with Gasteiger partial charge in [-0.3, -0.25) is 0 Å². The van der Waals surface area contributed by atoms with Gasteiger partial charge in [0.15, 0.2) is 0 Å². The Kier molecular flexibility index (Phi) is 3.58. The molecule has 1 aliphatic carbocycles. The van der Waals surface area contributed by atoms with Crippen LogP contribution in [0.4, 0.5) is 0 Å². The molecule has 2 aromatic carbocycles. The van der Waals surface area contributed by atoms with Gasteiger partial charge in [-0.15, -0.1) is 0 Å². The van der Waals surface area contributed by atoms with Gasteiger partial charge >= 0.3 is 0 Å². The third-order valence-corrected chi connectivity index (χ3v) is 4.22. The van der Waals surface area contributed by atoms with E-state index in [1.807, 2.05) is 13.1 Å². The molecule has 1 nitrogen and oxygen atoms in total. The fourth-order valence-electron chi connectivity index (χ4n) is 3.08. The van der Waals surface area contributed by atoms with Crippen LogP contribution in [0.25, 0.3) is 0 Å². The lowest BCUT2D eigenvalue weighted by molar-refractivity contribution is 0.705. The molecule has 1 unspecified atom stereocenters. The van der Waals surface area contributed by atoms with Crippen molar-refractivity contribution in [2.45, 2.75) is 18.8 Å². The van der Waals surface area contributed by atoms with E-state index in [1.165, 1.54) is 22.3 Å². The molecule has 3 rings (SSSR count). The highest BCUT2D eigenvalue weighted by molar-refractivity contribution is 6.30. The van der Waals surface area contributed by atoms with Gasteiger partial charge in [0.05, 0.1) is 0 Å². The van der Waals surface area contributed by atoms with Crippen LogP contribution >= 0.6 is 11.6 Å². The largest absolute Gasteiger partial charge is 0.319 e. The first-order valence-electron chi connectivity index (χ1n) is 6.80. The second kappa shape index (κ2) is 5.36. The van der Waals surface area contributed by atoms with Crippen molar-refractivity contribution in [2.75, 3.05) is 13.6 Å². The maximum atomic E-state index is 6.20. The third-order valence-electron chi connectivity index (χ3n) is 3.99. The zero-order valence-corrected chi connectivity index (χ0v) is 11.9. The highest BCUT2D eigenvalue weighted by Crippen LogP contribution is 2.35. The van der Waals surface area contributed by atoms with E-state index in [-0.39, 0.29) is 0 Å². The van der Waals surface area contributed by atoms with Gasteiger partial charge in [0.1, 0.15) is 0 Å². The molecule has 0 radical (unpaired) electrons. The molecular weight excluding hydrogens is 254 g/mol. The zero-order valence-electron chi connectivity index (χ0n) is 11.1. The van der Waals surface area contributed by atoms with E-state index in [0.717, 1.165) is 24.4 Å². The summed E-state index contributed by atoms with van der Waals surface area (Å²) in [6, 6.07) is 15.1. The van der Waals surface area contributed by atoms with Gasteiger partial charge in [0.25, 0.3) is 0 Å². The second-order valence-corrected chi connectivity index (χ2v) is 5.59. The van der Waals surface area contributed by atoms with E-state index in [9.17, 15) is 0 Å². The minimum absolute atomic E-state index is 0.400. The zero-order chi connectivity index (χ0) is 13.2. The third kappa shape index (κ3) is 2.41. The molecule has 0 aromatic heterocycles. The molecule has 0 amide bonds. The fraction of sp³-hybridized carbons (Fsp3) is 0.294. The number of nitrogens with one attached hydrogen (secondary N) is 1. The van der Waals surface area contributed by atoms with Gasteiger partial charge in [0, 0.05) is 17.5 Å². The summed E-state index contributed by atoms with van der Waals surface area (Å²) in [7, 11) is 2.01. The lowest BCUT2D eigenvalue weighted by atomic mass is 9.88. The van der Waals surface area contributed by atoms with E-state index in [1.54, 1.807) is 0 Å². The number of rotatable bonds is 2. The summed E-state index contributed by atoms with van der Waals surface area (Å²) in [6.45, 7) is 0.949. The van der Waals surface area contributed by atoms with Crippen molar-refractivity contribution in [3.63, 3.8) is 0 Å². The summed E-state index contributed by atoms with van der Waals surface area (Å²) in [6.07, 6.45) is 2.22. The molecule has 2 aromatic rings. The van der Waals surface area contributed by atoms with E-state index in [2.05, 4.69) is 41.7 Å². The molecule has 1 atom stereocenters. The van der Waals surface area contributed by atoms with Crippen LogP contribution in [-0.4, -0.2) is 13.6 Å². The molecule has 0 bridgehead atoms. The van der Waals surface area contributed by atoms with Gasteiger partial charge in [0.2, 0.25) is 0 Å². The molecule has 0 spiro atoms. The summed E-state index contributed by atoms with van der Waals surface area (Å²) < 4.78 is 0. The SMILES string of the molecule is CNCC1c2ccccc2CCc2ccc(Cl)cc21. The topological polar surface area (TPSA) is 12.0 Å². The van der Waals surface area contributed by atoms with Crippen molar-refractivity contribution in [3.8, 4) is 0 Å². The summed E-state index contributed by atoms with van der Waals surface area (Å²) >= 11 is 6.20. The molecule has 0 aliphatic heterocycles. The molecule has 19 heavy (non-hydrogen) atoms. The van der Waals surface area contributed by atoms with Crippen LogP contribution in [0.15, 0.2) is 42.5 Å². The molecular formula is C17H18ClN. The van der Waals surface area contributed by atoms with Crippen LogP contribution < -0.4 is 5.32 Å². The lowest BCUT2D eigenvalue weighted by Crippen LogP contribution is -2.19. The first-order chi connectivity index (χ1) is 9.29. The number of likely N-dealkylation sites (N-methyl/N-ethyl adjacent to an activating group) is 1. The van der Waals surface area contributed by atoms with Crippen molar-refractivity contribution < 1.29 is 0 Å². The Hall–Kier alpha value is -1.31. The van der Waals surface area contributed by atoms with Crippen LogP contribution in [-0.2, 0) is 12.8 Å². The van der Waals surface area contributed by atoms with Crippen LogP contribution in [0.2, 0.25) is 5.02 Å². The Morgan fingerprint density at radius 3 is 2.58 bits per heavy atom. The molecule has 0 fully saturated rings. The molecule has 2 heteroatoms. The predicted molar refractivity (Wildman–Crippen MR) is 81.1 cm³/mol. The van der Waals surface area contributed by atoms with Gasteiger partial charge in [-0.2, -0.15) is 0 Å². The normalized spacial score (nSPS) is 17.5. The summed E-state index contributed by atoms with van der Waals surface area (Å²) in [4.78, 5) is 0. The Morgan fingerprint density at radius 2 is 1.79 bits per heavy atom. The van der Waals surface area contributed by atoms with Crippen molar-refractivity contribution in [1.82, 2.24) is 5.32 Å². The summed E-state index contributed by atoms with van der Waals surface area (Å²) in [5.74, 6) is 0.400. The molecule has 1 N–H and O–H groups in total. The van der Waals surface area contributed by atoms with Gasteiger partial charge < -0.3 is 5.32 Å². The maximum absolute atomic E-state index is 6.20. The highest BCUT2D eigenvalue weighted by Gasteiger charge is 2.22. The standard InChI is InChI=1S/C17H18ClN/c1-19-11-17-15-5-3-2-4-12(15)6-7-13-8-9-14(18)10-16(13)17/h2-5,8-10,17,19H,6-7,11H2,1H3. The van der Waals surface area contributed by atoms with Crippen molar-refractivity contribution >= 4 is 11.6 Å². The van der Waals surface area contributed by atoms with Gasteiger partial charge in [-0.1, -0.05) is 41.9 Å². The quantitative estimate of drug-likeness (QED) is 0.876. The van der Waals surface area contributed by atoms with Crippen LogP contribution in [0, 0.1) is 0 Å². The minimum atomic E-state index is 0.400. The summed E-state index contributed by atoms with van der Waals surface area (Å²) in [5, 5.41) is 4.16. The molecule has 98 valence electrons. The second-order valence-electron chi connectivity index (χ2n) is 5.15. The van der Waals surface area contributed by atoms with Gasteiger partial charge in [-0.05, 0) is 54.3 Å². The Morgan fingerprint density at radius 1 is 1.05 bits per heavy atom. The average molecular weight is 272 g/mol. The predicted octanol–water partition coefficient (Wildman–Crippen LogP) is 3.79. The monoisotopic (exact) mass is 271 g/mol. The molecule has 0 saturated heterocycles. The Bertz CT molecular complexity index is 592. The van der Waals surface area contributed by atoms with Crippen molar-refractivity contribution in [2.24, 2.45) is 0 Å². The van der Waals surface area contributed by atoms with E-state index in [4.69, 9.17) is 11.6 Å². The van der Waals surface area contributed by atoms with E-state index < -0.39 is 0 Å². The number of hydrogen-bond donors (Lipinski definition) is 1. The number of fused-ring (bicyclic) bond motifs is 2. The molecule has 1 aliphatic rings. The lowest BCUT2D eigenvalue weighted by Gasteiger charge is -2.20. The fourth-order valence-corrected chi connectivity index (χ4v) is 3.26. The number of aryl methyl sites for hydroxylation is 2. The first-order valence-corrected chi connectivity index (χ1v) is 7.18. The average Bonchev–Trinajstić information content (AvgIpc) is 2.58. The van der Waals surface area contributed by atoms with E-state index in [0.29, 0.717) is 5.92 Å². The van der Waals surface area contributed by atoms with Crippen LogP contribution in [0.1, 0.15) is 28.2 Å². The van der Waals surface area contributed by atoms with Crippen LogP contribution in [0.5, 0.6) is 0 Å². The van der Waals surface area contributed by atoms with Crippen molar-refractivity contribution in [3.05, 3.63) is 69.7 Å². The maximum Gasteiger partial charge on any atom is 0.0409 e. The molecule has 0 saturated carbocycles.